The normalized spacial score (nSPS) is 6.17. The first-order chi connectivity index (χ1) is 7.43. The summed E-state index contributed by atoms with van der Waals surface area (Å²) in [6.07, 6.45) is 1.57. The summed E-state index contributed by atoms with van der Waals surface area (Å²) >= 11 is 1.59. The van der Waals surface area contributed by atoms with Gasteiger partial charge in [-0.25, -0.2) is 18.2 Å². The topological polar surface area (TPSA) is 45.9 Å². The molecule has 2 aromatic heterocycles. The summed E-state index contributed by atoms with van der Waals surface area (Å²) in [6.45, 7) is 4.75. The first-order valence-corrected chi connectivity index (χ1v) is 4.79. The predicted octanol–water partition coefficient (Wildman–Crippen LogP) is -3.46. The van der Waals surface area contributed by atoms with Crippen molar-refractivity contribution >= 4 is 11.3 Å². The smallest absolute Gasteiger partial charge is 0.512 e. The Morgan fingerprint density at radius 3 is 2.22 bits per heavy atom. The number of thiophene rings is 1. The quantitative estimate of drug-likeness (QED) is 0.406. The summed E-state index contributed by atoms with van der Waals surface area (Å²) in [5.74, 6) is 0.628. The summed E-state index contributed by atoms with van der Waals surface area (Å²) < 4.78 is 4.78. The first-order valence-electron chi connectivity index (χ1n) is 3.91. The molecule has 0 spiro atoms. The summed E-state index contributed by atoms with van der Waals surface area (Å²) in [4.78, 5) is 3.82. The van der Waals surface area contributed by atoms with E-state index in [9.17, 15) is 0 Å². The van der Waals surface area contributed by atoms with Gasteiger partial charge in [0, 0.05) is 0 Å². The van der Waals surface area contributed by atoms with Crippen molar-refractivity contribution in [3.8, 4) is 5.88 Å². The van der Waals surface area contributed by atoms with Crippen LogP contribution in [0.15, 0.2) is 35.8 Å². The molecule has 2 heterocycles. The van der Waals surface area contributed by atoms with E-state index in [0.717, 1.165) is 0 Å². The van der Waals surface area contributed by atoms with Crippen LogP contribution >= 0.6 is 11.3 Å². The van der Waals surface area contributed by atoms with Crippen molar-refractivity contribution in [2.45, 2.75) is 0 Å². The molecule has 7 heteroatoms. The average molecular weight is 295 g/mol. The van der Waals surface area contributed by atoms with Crippen molar-refractivity contribution in [2.75, 3.05) is 7.11 Å². The molecule has 0 atom stereocenters. The molecule has 0 amide bonds. The SMILES string of the molecule is COc1cc[c-]cn1.[C-]#N.[Cu+].[Li+].[Li+].[c-]1cccs1. The number of ether oxygens (including phenoxy) is 1. The van der Waals surface area contributed by atoms with Crippen LogP contribution in [-0.2, 0) is 17.1 Å². The van der Waals surface area contributed by atoms with Gasteiger partial charge in [-0.3, -0.25) is 4.98 Å². The zero-order valence-electron chi connectivity index (χ0n) is 10.5. The number of pyridine rings is 1. The molecule has 0 N–H and O–H groups in total. The second-order valence-corrected chi connectivity index (χ2v) is 2.78. The van der Waals surface area contributed by atoms with Crippen LogP contribution < -0.4 is 42.5 Å². The van der Waals surface area contributed by atoms with Crippen LogP contribution in [0, 0.1) is 23.3 Å². The van der Waals surface area contributed by atoms with Gasteiger partial charge in [0.2, 0.25) is 0 Å². The molecule has 0 aliphatic carbocycles. The number of rotatable bonds is 1. The molecule has 3 nitrogen and oxygen atoms in total. The first kappa shape index (κ1) is 26.4. The van der Waals surface area contributed by atoms with Gasteiger partial charge in [-0.2, -0.15) is 11.4 Å². The average Bonchev–Trinajstić information content (AvgIpc) is 2.92. The number of hydrogen-bond acceptors (Lipinski definition) is 4. The molecular formula is C11H9CuLi2N2OS. The van der Waals surface area contributed by atoms with Crippen LogP contribution in [0.3, 0.4) is 0 Å². The molecule has 18 heavy (non-hydrogen) atoms. The Labute approximate surface area is 147 Å². The third-order valence-electron chi connectivity index (χ3n) is 1.18. The van der Waals surface area contributed by atoms with E-state index in [1.807, 2.05) is 17.5 Å². The van der Waals surface area contributed by atoms with Crippen molar-refractivity contribution in [1.29, 1.82) is 5.26 Å². The van der Waals surface area contributed by atoms with Gasteiger partial charge in [-0.1, -0.05) is 6.20 Å². The van der Waals surface area contributed by atoms with E-state index < -0.39 is 0 Å². The number of aromatic nitrogens is 1. The van der Waals surface area contributed by atoms with E-state index in [1.54, 1.807) is 36.8 Å². The molecular weight excluding hydrogens is 286 g/mol. The predicted molar refractivity (Wildman–Crippen MR) is 57.7 cm³/mol. The second-order valence-electron chi connectivity index (χ2n) is 2.03. The molecule has 0 aliphatic rings. The van der Waals surface area contributed by atoms with Crippen LogP contribution in [0.25, 0.3) is 0 Å². The van der Waals surface area contributed by atoms with Crippen LogP contribution in [0.4, 0.5) is 0 Å². The fourth-order valence-electron chi connectivity index (χ4n) is 0.624. The van der Waals surface area contributed by atoms with Crippen molar-refractivity contribution in [3.63, 3.8) is 0 Å². The maximum Gasteiger partial charge on any atom is 1.00 e. The van der Waals surface area contributed by atoms with Crippen LogP contribution in [0.1, 0.15) is 0 Å². The van der Waals surface area contributed by atoms with Crippen LogP contribution in [0.5, 0.6) is 5.88 Å². The number of methoxy groups -OCH3 is 1. The monoisotopic (exact) mass is 294 g/mol. The minimum atomic E-state index is 0. The third-order valence-corrected chi connectivity index (χ3v) is 1.74. The number of nitrogens with zero attached hydrogens (tertiary/aromatic N) is 2. The molecule has 0 fully saturated rings. The standard InChI is InChI=1S/C6H6NO.C4H3S.CN.Cu.2Li/c1-8-6-4-2-3-5-7-6;1-2-4-5-3-1;1-2;;;/h2,4-5H,1H3;1-3H;;;;/q3*-1;3*+1. The van der Waals surface area contributed by atoms with Gasteiger partial charge in [0.1, 0.15) is 5.88 Å². The largest absolute Gasteiger partial charge is 1.00 e. The molecule has 0 bridgehead atoms. The van der Waals surface area contributed by atoms with Gasteiger partial charge in [-0.05, 0) is 0 Å². The summed E-state index contributed by atoms with van der Waals surface area (Å²) in [5, 5.41) is 11.1. The Kier molecular flexibility index (Phi) is 32.4. The molecule has 2 rings (SSSR count). The molecule has 0 aromatic carbocycles. The molecule has 0 aliphatic heterocycles. The zero-order valence-corrected chi connectivity index (χ0v) is 12.2. The fraction of sp³-hybridized carbons (Fsp3) is 0.0909. The van der Waals surface area contributed by atoms with Gasteiger partial charge in [0.15, 0.2) is 0 Å². The summed E-state index contributed by atoms with van der Waals surface area (Å²) in [6, 6.07) is 10.1. The Balaban J connectivity index is -0.0000000873. The van der Waals surface area contributed by atoms with E-state index in [4.69, 9.17) is 16.6 Å². The minimum Gasteiger partial charge on any atom is -0.512 e. The van der Waals surface area contributed by atoms with Crippen molar-refractivity contribution < 1.29 is 59.5 Å². The second kappa shape index (κ2) is 22.1. The maximum absolute atomic E-state index is 6.25. The zero-order chi connectivity index (χ0) is 11.4. The summed E-state index contributed by atoms with van der Waals surface area (Å²) in [7, 11) is 1.59. The third kappa shape index (κ3) is 15.9. The van der Waals surface area contributed by atoms with Gasteiger partial charge < -0.3 is 27.9 Å². The molecule has 0 saturated heterocycles. The van der Waals surface area contributed by atoms with Crippen molar-refractivity contribution in [1.82, 2.24) is 4.98 Å². The van der Waals surface area contributed by atoms with E-state index in [0.29, 0.717) is 5.88 Å². The maximum atomic E-state index is 6.25. The minimum absolute atomic E-state index is 0. The Bertz CT molecular complexity index is 329. The van der Waals surface area contributed by atoms with Gasteiger partial charge >= 0.3 is 54.8 Å². The van der Waals surface area contributed by atoms with Gasteiger partial charge in [-0.15, -0.1) is 11.4 Å². The Morgan fingerprint density at radius 1 is 1.33 bits per heavy atom. The summed E-state index contributed by atoms with van der Waals surface area (Å²) in [5.41, 5.74) is 0. The van der Waals surface area contributed by atoms with E-state index in [-0.39, 0.29) is 54.8 Å². The van der Waals surface area contributed by atoms with Crippen LogP contribution in [-0.4, -0.2) is 12.1 Å². The van der Waals surface area contributed by atoms with Gasteiger partial charge in [0.25, 0.3) is 0 Å². The van der Waals surface area contributed by atoms with E-state index in [1.165, 1.54) is 0 Å². The van der Waals surface area contributed by atoms with E-state index >= 15 is 0 Å². The van der Waals surface area contributed by atoms with Gasteiger partial charge in [0.05, 0.1) is 7.11 Å². The Hall–Kier alpha value is -0.146. The molecule has 2 aromatic rings. The Morgan fingerprint density at radius 2 is 2.00 bits per heavy atom. The molecule has 88 valence electrons. The number of hydrogen-bond donors (Lipinski definition) is 0. The van der Waals surface area contributed by atoms with E-state index in [2.05, 4.69) is 16.4 Å². The molecule has 0 radical (unpaired) electrons. The molecule has 0 saturated carbocycles. The van der Waals surface area contributed by atoms with Crippen molar-refractivity contribution in [2.24, 2.45) is 0 Å². The van der Waals surface area contributed by atoms with Crippen molar-refractivity contribution in [3.05, 3.63) is 53.9 Å². The molecule has 0 unspecified atom stereocenters. The van der Waals surface area contributed by atoms with Crippen LogP contribution in [0.2, 0.25) is 0 Å². The fourth-order valence-corrected chi connectivity index (χ4v) is 1.02.